The summed E-state index contributed by atoms with van der Waals surface area (Å²) >= 11 is 0. The highest BCUT2D eigenvalue weighted by Crippen LogP contribution is 2.46. The molecule has 0 saturated heterocycles. The summed E-state index contributed by atoms with van der Waals surface area (Å²) in [6.07, 6.45) is 2.96. The predicted molar refractivity (Wildman–Crippen MR) is 86.8 cm³/mol. The molecule has 126 valence electrons. The first kappa shape index (κ1) is 15.7. The summed E-state index contributed by atoms with van der Waals surface area (Å²) in [5.74, 6) is 1.55. The first-order valence-electron chi connectivity index (χ1n) is 7.08. The van der Waals surface area contributed by atoms with Crippen molar-refractivity contribution in [3.63, 3.8) is 0 Å². The smallest absolute Gasteiger partial charge is 0.207 e. The van der Waals surface area contributed by atoms with Crippen LogP contribution in [-0.2, 0) is 6.54 Å². The molecule has 3 aromatic rings. The zero-order valence-corrected chi connectivity index (χ0v) is 13.5. The van der Waals surface area contributed by atoms with E-state index in [1.54, 1.807) is 12.4 Å². The number of aromatic amines is 1. The fourth-order valence-corrected chi connectivity index (χ4v) is 2.40. The van der Waals surface area contributed by atoms with Crippen LogP contribution in [0.2, 0.25) is 0 Å². The number of imidazole rings is 1. The van der Waals surface area contributed by atoms with Gasteiger partial charge in [-0.05, 0) is 6.07 Å². The molecule has 0 aliphatic rings. The normalized spacial score (nSPS) is 10.6. The van der Waals surface area contributed by atoms with E-state index in [2.05, 4.69) is 25.3 Å². The number of aromatic nitrogens is 4. The van der Waals surface area contributed by atoms with Gasteiger partial charge in [-0.1, -0.05) is 0 Å². The molecule has 9 nitrogen and oxygen atoms in total. The molecule has 0 fully saturated rings. The van der Waals surface area contributed by atoms with Crippen LogP contribution in [0, 0.1) is 0 Å². The monoisotopic (exact) mass is 331 g/mol. The highest BCUT2D eigenvalue weighted by molar-refractivity contribution is 5.82. The van der Waals surface area contributed by atoms with Crippen molar-refractivity contribution in [3.8, 4) is 23.0 Å². The van der Waals surface area contributed by atoms with Gasteiger partial charge < -0.3 is 29.6 Å². The van der Waals surface area contributed by atoms with E-state index in [1.807, 2.05) is 0 Å². The van der Waals surface area contributed by atoms with E-state index in [-0.39, 0.29) is 18.0 Å². The Morgan fingerprint density at radius 2 is 1.88 bits per heavy atom. The minimum absolute atomic E-state index is 0.0300. The van der Waals surface area contributed by atoms with Gasteiger partial charge in [0, 0.05) is 12.1 Å². The summed E-state index contributed by atoms with van der Waals surface area (Å²) in [5.41, 5.74) is 1.81. The third-order valence-electron chi connectivity index (χ3n) is 3.55. The summed E-state index contributed by atoms with van der Waals surface area (Å²) in [6.45, 7) is 0.285. The molecule has 1 aromatic carbocycles. The zero-order valence-electron chi connectivity index (χ0n) is 13.5. The third-order valence-corrected chi connectivity index (χ3v) is 3.55. The van der Waals surface area contributed by atoms with Crippen molar-refractivity contribution in [2.24, 2.45) is 0 Å². The van der Waals surface area contributed by atoms with Crippen molar-refractivity contribution in [2.75, 3.05) is 26.6 Å². The molecule has 0 saturated carbocycles. The Hall–Kier alpha value is -3.23. The number of hydrogen-bond acceptors (Lipinski definition) is 8. The summed E-state index contributed by atoms with van der Waals surface area (Å²) in [4.78, 5) is 15.3. The van der Waals surface area contributed by atoms with Crippen LogP contribution in [0.5, 0.6) is 23.0 Å². The minimum atomic E-state index is -0.0300. The topological polar surface area (TPSA) is 114 Å². The summed E-state index contributed by atoms with van der Waals surface area (Å²) in [7, 11) is 4.45. The van der Waals surface area contributed by atoms with Crippen molar-refractivity contribution >= 4 is 17.0 Å². The molecule has 0 bridgehead atoms. The lowest BCUT2D eigenvalue weighted by atomic mass is 10.1. The maximum atomic E-state index is 10.4. The standard InChI is InChI=1S/C15H17N5O4/c1-22-9-4-8(11(21)13(24-3)12(9)23-2)5-16-14-10-15(18-6-17-10)20-7-19-14/h4,6-7,21H,5H2,1-3H3,(H2,16,17,18,19,20). The van der Waals surface area contributed by atoms with E-state index < -0.39 is 0 Å². The summed E-state index contributed by atoms with van der Waals surface area (Å²) in [6, 6.07) is 1.68. The second-order valence-corrected chi connectivity index (χ2v) is 4.83. The van der Waals surface area contributed by atoms with Crippen LogP contribution in [0.3, 0.4) is 0 Å². The number of aromatic hydroxyl groups is 1. The van der Waals surface area contributed by atoms with E-state index in [1.165, 1.54) is 27.7 Å². The molecule has 3 rings (SSSR count). The number of anilines is 1. The highest BCUT2D eigenvalue weighted by Gasteiger charge is 2.20. The van der Waals surface area contributed by atoms with E-state index in [9.17, 15) is 5.11 Å². The van der Waals surface area contributed by atoms with Gasteiger partial charge >= 0.3 is 0 Å². The fraction of sp³-hybridized carbons (Fsp3) is 0.267. The second-order valence-electron chi connectivity index (χ2n) is 4.83. The number of hydrogen-bond donors (Lipinski definition) is 3. The number of fused-ring (bicyclic) bond motifs is 1. The molecule has 3 N–H and O–H groups in total. The Balaban J connectivity index is 1.94. The second kappa shape index (κ2) is 6.49. The zero-order chi connectivity index (χ0) is 17.1. The highest BCUT2D eigenvalue weighted by atomic mass is 16.5. The van der Waals surface area contributed by atoms with Crippen molar-refractivity contribution in [3.05, 3.63) is 24.3 Å². The van der Waals surface area contributed by atoms with Gasteiger partial charge in [0.15, 0.2) is 23.0 Å². The molecule has 0 unspecified atom stereocenters. The lowest BCUT2D eigenvalue weighted by Crippen LogP contribution is -2.05. The number of nitrogens with zero attached hydrogens (tertiary/aromatic N) is 3. The van der Waals surface area contributed by atoms with Crippen LogP contribution < -0.4 is 19.5 Å². The Bertz CT molecular complexity index is 864. The molecule has 0 atom stereocenters. The molecular formula is C15H17N5O4. The number of H-pyrrole nitrogens is 1. The SMILES string of the molecule is COc1cc(CNc2ncnc3nc[nH]c23)c(O)c(OC)c1OC. The molecule has 0 spiro atoms. The number of benzene rings is 1. The Labute approximate surface area is 137 Å². The lowest BCUT2D eigenvalue weighted by molar-refractivity contribution is 0.309. The molecule has 9 heteroatoms. The van der Waals surface area contributed by atoms with Gasteiger partial charge in [-0.2, -0.15) is 0 Å². The average Bonchev–Trinajstić information content (AvgIpc) is 3.09. The first-order chi connectivity index (χ1) is 11.7. The Morgan fingerprint density at radius 1 is 1.08 bits per heavy atom. The first-order valence-corrected chi connectivity index (χ1v) is 7.08. The van der Waals surface area contributed by atoms with Crippen molar-refractivity contribution < 1.29 is 19.3 Å². The van der Waals surface area contributed by atoms with Crippen LogP contribution in [0.15, 0.2) is 18.7 Å². The molecule has 24 heavy (non-hydrogen) atoms. The van der Waals surface area contributed by atoms with Gasteiger partial charge in [-0.25, -0.2) is 15.0 Å². The van der Waals surface area contributed by atoms with E-state index in [0.717, 1.165) is 0 Å². The number of methoxy groups -OCH3 is 3. The van der Waals surface area contributed by atoms with Gasteiger partial charge in [0.25, 0.3) is 0 Å². The van der Waals surface area contributed by atoms with Crippen LogP contribution in [0.4, 0.5) is 5.82 Å². The third kappa shape index (κ3) is 2.60. The van der Waals surface area contributed by atoms with Crippen molar-refractivity contribution in [1.29, 1.82) is 0 Å². The summed E-state index contributed by atoms with van der Waals surface area (Å²) in [5, 5.41) is 13.6. The van der Waals surface area contributed by atoms with Crippen molar-refractivity contribution in [2.45, 2.75) is 6.54 Å². The van der Waals surface area contributed by atoms with Crippen LogP contribution in [0.1, 0.15) is 5.56 Å². The molecule has 0 amide bonds. The quantitative estimate of drug-likeness (QED) is 0.625. The van der Waals surface area contributed by atoms with Gasteiger partial charge in [0.05, 0.1) is 27.7 Å². The van der Waals surface area contributed by atoms with Gasteiger partial charge in [0.2, 0.25) is 11.5 Å². The van der Waals surface area contributed by atoms with E-state index >= 15 is 0 Å². The molecular weight excluding hydrogens is 314 g/mol. The fourth-order valence-electron chi connectivity index (χ4n) is 2.40. The minimum Gasteiger partial charge on any atom is -0.504 e. The van der Waals surface area contributed by atoms with E-state index in [0.29, 0.717) is 34.0 Å². The summed E-state index contributed by atoms with van der Waals surface area (Å²) < 4.78 is 15.8. The Kier molecular flexibility index (Phi) is 4.23. The predicted octanol–water partition coefficient (Wildman–Crippen LogP) is 1.70. The number of phenols is 1. The van der Waals surface area contributed by atoms with Crippen LogP contribution >= 0.6 is 0 Å². The largest absolute Gasteiger partial charge is 0.504 e. The van der Waals surface area contributed by atoms with E-state index in [4.69, 9.17) is 14.2 Å². The van der Waals surface area contributed by atoms with Gasteiger partial charge in [0.1, 0.15) is 11.8 Å². The van der Waals surface area contributed by atoms with Crippen LogP contribution in [0.25, 0.3) is 11.2 Å². The maximum Gasteiger partial charge on any atom is 0.207 e. The number of ether oxygens (including phenoxy) is 3. The number of phenolic OH excluding ortho intramolecular Hbond substituents is 1. The average molecular weight is 331 g/mol. The van der Waals surface area contributed by atoms with Gasteiger partial charge in [-0.3, -0.25) is 0 Å². The molecule has 0 aliphatic heterocycles. The molecule has 0 aliphatic carbocycles. The molecule has 0 radical (unpaired) electrons. The van der Waals surface area contributed by atoms with Gasteiger partial charge in [-0.15, -0.1) is 0 Å². The number of nitrogens with one attached hydrogen (secondary N) is 2. The maximum absolute atomic E-state index is 10.4. The van der Waals surface area contributed by atoms with Crippen molar-refractivity contribution in [1.82, 2.24) is 19.9 Å². The lowest BCUT2D eigenvalue weighted by Gasteiger charge is -2.16. The van der Waals surface area contributed by atoms with Crippen LogP contribution in [-0.4, -0.2) is 46.4 Å². The number of rotatable bonds is 6. The Morgan fingerprint density at radius 3 is 2.58 bits per heavy atom. The molecule has 2 aromatic heterocycles. The molecule has 2 heterocycles.